The standard InChI is InChI=1S/C14H23N/c1-2-11-9-13-12-6-4-3-5-10(12)7-8-14(13)15-11/h10,12-14H,2-9H2,1H3. The van der Waals surface area contributed by atoms with Gasteiger partial charge in [0, 0.05) is 5.71 Å². The molecule has 0 radical (unpaired) electrons. The van der Waals surface area contributed by atoms with Crippen molar-refractivity contribution in [2.75, 3.05) is 0 Å². The summed E-state index contributed by atoms with van der Waals surface area (Å²) >= 11 is 0. The Bertz CT molecular complexity index is 269. The molecule has 0 bridgehead atoms. The Hall–Kier alpha value is -0.330. The van der Waals surface area contributed by atoms with E-state index >= 15 is 0 Å². The number of hydrogen-bond donors (Lipinski definition) is 0. The van der Waals surface area contributed by atoms with Gasteiger partial charge in [-0.3, -0.25) is 4.99 Å². The Morgan fingerprint density at radius 2 is 1.93 bits per heavy atom. The van der Waals surface area contributed by atoms with E-state index in [-0.39, 0.29) is 0 Å². The first-order chi connectivity index (χ1) is 7.38. The lowest BCUT2D eigenvalue weighted by atomic mass is 9.63. The lowest BCUT2D eigenvalue weighted by Gasteiger charge is -2.42. The lowest BCUT2D eigenvalue weighted by molar-refractivity contribution is 0.0985. The fraction of sp³-hybridized carbons (Fsp3) is 0.929. The minimum absolute atomic E-state index is 0.735. The van der Waals surface area contributed by atoms with Crippen molar-refractivity contribution in [1.29, 1.82) is 0 Å². The predicted octanol–water partition coefficient (Wildman–Crippen LogP) is 3.83. The van der Waals surface area contributed by atoms with Gasteiger partial charge < -0.3 is 0 Å². The Morgan fingerprint density at radius 3 is 2.80 bits per heavy atom. The molecule has 2 aliphatic carbocycles. The molecule has 4 atom stereocenters. The molecule has 1 heterocycles. The van der Waals surface area contributed by atoms with Crippen molar-refractivity contribution in [3.8, 4) is 0 Å². The van der Waals surface area contributed by atoms with Crippen molar-refractivity contribution in [1.82, 2.24) is 0 Å². The summed E-state index contributed by atoms with van der Waals surface area (Å²) < 4.78 is 0. The van der Waals surface area contributed by atoms with Crippen LogP contribution in [-0.4, -0.2) is 11.8 Å². The summed E-state index contributed by atoms with van der Waals surface area (Å²) in [5.41, 5.74) is 1.52. The molecule has 0 aromatic heterocycles. The van der Waals surface area contributed by atoms with Gasteiger partial charge in [0.05, 0.1) is 6.04 Å². The molecule has 0 saturated heterocycles. The highest BCUT2D eigenvalue weighted by molar-refractivity contribution is 5.86. The minimum atomic E-state index is 0.735. The maximum absolute atomic E-state index is 4.94. The summed E-state index contributed by atoms with van der Waals surface area (Å²) in [6, 6.07) is 0.735. The van der Waals surface area contributed by atoms with Crippen LogP contribution in [0, 0.1) is 17.8 Å². The summed E-state index contributed by atoms with van der Waals surface area (Å²) in [7, 11) is 0. The van der Waals surface area contributed by atoms with Crippen LogP contribution in [0.1, 0.15) is 58.3 Å². The maximum Gasteiger partial charge on any atom is 0.0533 e. The van der Waals surface area contributed by atoms with Gasteiger partial charge in [-0.1, -0.05) is 26.2 Å². The highest BCUT2D eigenvalue weighted by atomic mass is 14.9. The quantitative estimate of drug-likeness (QED) is 0.617. The van der Waals surface area contributed by atoms with Crippen molar-refractivity contribution in [2.24, 2.45) is 22.7 Å². The fourth-order valence-corrected chi connectivity index (χ4v) is 4.29. The number of nitrogens with zero attached hydrogens (tertiary/aromatic N) is 1. The molecule has 15 heavy (non-hydrogen) atoms. The third-order valence-electron chi connectivity index (χ3n) is 5.07. The minimum Gasteiger partial charge on any atom is -0.291 e. The molecule has 0 aromatic rings. The van der Waals surface area contributed by atoms with Crippen LogP contribution in [0.25, 0.3) is 0 Å². The summed E-state index contributed by atoms with van der Waals surface area (Å²) in [5, 5.41) is 0. The zero-order valence-corrected chi connectivity index (χ0v) is 9.91. The maximum atomic E-state index is 4.94. The molecule has 0 aromatic carbocycles. The third-order valence-corrected chi connectivity index (χ3v) is 5.07. The highest BCUT2D eigenvalue weighted by Crippen LogP contribution is 2.48. The van der Waals surface area contributed by atoms with Gasteiger partial charge in [-0.25, -0.2) is 0 Å². The summed E-state index contributed by atoms with van der Waals surface area (Å²) in [6.45, 7) is 2.27. The SMILES string of the molecule is CCC1=NC2CCC3CCCCC3C2C1. The van der Waals surface area contributed by atoms with Crippen LogP contribution in [0.3, 0.4) is 0 Å². The number of fused-ring (bicyclic) bond motifs is 3. The van der Waals surface area contributed by atoms with Crippen LogP contribution < -0.4 is 0 Å². The average Bonchev–Trinajstić information content (AvgIpc) is 2.72. The summed E-state index contributed by atoms with van der Waals surface area (Å²) in [6.07, 6.45) is 11.5. The molecular weight excluding hydrogens is 182 g/mol. The molecule has 1 nitrogen and oxygen atoms in total. The fourth-order valence-electron chi connectivity index (χ4n) is 4.29. The van der Waals surface area contributed by atoms with E-state index in [1.165, 1.54) is 57.1 Å². The van der Waals surface area contributed by atoms with E-state index in [9.17, 15) is 0 Å². The second kappa shape index (κ2) is 3.92. The van der Waals surface area contributed by atoms with Gasteiger partial charge in [0.1, 0.15) is 0 Å². The van der Waals surface area contributed by atoms with Gasteiger partial charge in [0.15, 0.2) is 0 Å². The molecule has 4 unspecified atom stereocenters. The van der Waals surface area contributed by atoms with Crippen LogP contribution in [0.2, 0.25) is 0 Å². The molecule has 0 N–H and O–H groups in total. The molecule has 2 saturated carbocycles. The van der Waals surface area contributed by atoms with Crippen LogP contribution in [0.4, 0.5) is 0 Å². The van der Waals surface area contributed by atoms with E-state index in [4.69, 9.17) is 4.99 Å². The Kier molecular flexibility index (Phi) is 2.58. The zero-order valence-electron chi connectivity index (χ0n) is 9.91. The van der Waals surface area contributed by atoms with Crippen molar-refractivity contribution in [2.45, 2.75) is 64.3 Å². The molecule has 2 fully saturated rings. The predicted molar refractivity (Wildman–Crippen MR) is 64.3 cm³/mol. The topological polar surface area (TPSA) is 12.4 Å². The van der Waals surface area contributed by atoms with E-state index in [1.807, 2.05) is 0 Å². The first-order valence-corrected chi connectivity index (χ1v) is 6.94. The van der Waals surface area contributed by atoms with Crippen molar-refractivity contribution >= 4 is 5.71 Å². The average molecular weight is 205 g/mol. The van der Waals surface area contributed by atoms with Gasteiger partial charge in [0.2, 0.25) is 0 Å². The molecule has 3 rings (SSSR count). The normalized spacial score (nSPS) is 44.5. The third kappa shape index (κ3) is 1.64. The number of hydrogen-bond acceptors (Lipinski definition) is 1. The van der Waals surface area contributed by atoms with Crippen molar-refractivity contribution in [3.05, 3.63) is 0 Å². The van der Waals surface area contributed by atoms with Crippen LogP contribution in [0.15, 0.2) is 4.99 Å². The second-order valence-corrected chi connectivity index (χ2v) is 5.77. The van der Waals surface area contributed by atoms with Gasteiger partial charge in [-0.2, -0.15) is 0 Å². The number of aliphatic imine (C=N–C) groups is 1. The van der Waals surface area contributed by atoms with Crippen molar-refractivity contribution in [3.63, 3.8) is 0 Å². The number of rotatable bonds is 1. The summed E-state index contributed by atoms with van der Waals surface area (Å²) in [5.74, 6) is 3.08. The second-order valence-electron chi connectivity index (χ2n) is 5.77. The largest absolute Gasteiger partial charge is 0.291 e. The molecule has 0 spiro atoms. The Balaban J connectivity index is 1.75. The van der Waals surface area contributed by atoms with Crippen molar-refractivity contribution < 1.29 is 0 Å². The first-order valence-electron chi connectivity index (χ1n) is 6.94. The zero-order chi connectivity index (χ0) is 10.3. The monoisotopic (exact) mass is 205 g/mol. The molecule has 84 valence electrons. The highest BCUT2D eigenvalue weighted by Gasteiger charge is 2.42. The molecular formula is C14H23N. The van der Waals surface area contributed by atoms with E-state index in [1.54, 1.807) is 0 Å². The molecule has 1 heteroatoms. The Morgan fingerprint density at radius 1 is 1.07 bits per heavy atom. The van der Waals surface area contributed by atoms with Gasteiger partial charge in [-0.05, 0) is 49.9 Å². The molecule has 3 aliphatic rings. The van der Waals surface area contributed by atoms with Gasteiger partial charge >= 0.3 is 0 Å². The van der Waals surface area contributed by atoms with E-state index in [0.29, 0.717) is 0 Å². The van der Waals surface area contributed by atoms with Crippen LogP contribution >= 0.6 is 0 Å². The van der Waals surface area contributed by atoms with Crippen LogP contribution in [0.5, 0.6) is 0 Å². The first kappa shape index (κ1) is 9.86. The van der Waals surface area contributed by atoms with E-state index in [2.05, 4.69) is 6.92 Å². The molecule has 1 aliphatic heterocycles. The lowest BCUT2D eigenvalue weighted by Crippen LogP contribution is -2.36. The van der Waals surface area contributed by atoms with E-state index < -0.39 is 0 Å². The smallest absolute Gasteiger partial charge is 0.0533 e. The van der Waals surface area contributed by atoms with Crippen LogP contribution in [-0.2, 0) is 0 Å². The summed E-state index contributed by atoms with van der Waals surface area (Å²) in [4.78, 5) is 4.94. The van der Waals surface area contributed by atoms with E-state index in [0.717, 1.165) is 23.8 Å². The molecule has 0 amide bonds. The van der Waals surface area contributed by atoms with Gasteiger partial charge in [0.25, 0.3) is 0 Å². The Labute approximate surface area is 93.4 Å². The van der Waals surface area contributed by atoms with Gasteiger partial charge in [-0.15, -0.1) is 0 Å².